The summed E-state index contributed by atoms with van der Waals surface area (Å²) in [5.41, 5.74) is 1.25. The Kier molecular flexibility index (Phi) is 6.04. The molecule has 0 saturated carbocycles. The predicted octanol–water partition coefficient (Wildman–Crippen LogP) is 4.02. The maximum absolute atomic E-state index is 11.5. The Labute approximate surface area is 232 Å². The number of ether oxygens (including phenoxy) is 2. The van der Waals surface area contributed by atoms with Crippen LogP contribution in [0.2, 0.25) is 0 Å². The molecule has 212 valence electrons. The predicted molar refractivity (Wildman–Crippen MR) is 142 cm³/mol. The first-order valence-electron chi connectivity index (χ1n) is 12.7. The van der Waals surface area contributed by atoms with Crippen LogP contribution in [0.25, 0.3) is 0 Å². The maximum Gasteiger partial charge on any atom is 0.157 e. The van der Waals surface area contributed by atoms with Gasteiger partial charge in [-0.15, -0.1) is 0 Å². The molecule has 6 rings (SSSR count). The average molecular weight is 563 g/mol. The molecule has 11 nitrogen and oxygen atoms in total. The summed E-state index contributed by atoms with van der Waals surface area (Å²) in [7, 11) is 0. The third-order valence-corrected chi connectivity index (χ3v) is 7.62. The molecule has 0 aromatic heterocycles. The van der Waals surface area contributed by atoms with Crippen molar-refractivity contribution >= 4 is 0 Å². The first kappa shape index (κ1) is 26.1. The average Bonchev–Trinajstić information content (AvgIpc) is 2.91. The van der Waals surface area contributed by atoms with Crippen LogP contribution in [0.3, 0.4) is 0 Å². The molecule has 0 spiro atoms. The van der Waals surface area contributed by atoms with Crippen LogP contribution in [0.5, 0.6) is 57.5 Å². The monoisotopic (exact) mass is 562 g/mol. The van der Waals surface area contributed by atoms with Crippen molar-refractivity contribution in [3.63, 3.8) is 0 Å². The minimum absolute atomic E-state index is 0.0267. The fraction of sp³-hybridized carbons (Fsp3) is 0.200. The van der Waals surface area contributed by atoms with Gasteiger partial charge < -0.3 is 55.4 Å². The fourth-order valence-electron chi connectivity index (χ4n) is 5.66. The van der Waals surface area contributed by atoms with E-state index < -0.39 is 30.0 Å². The zero-order chi connectivity index (χ0) is 29.2. The summed E-state index contributed by atoms with van der Waals surface area (Å²) in [6, 6.07) is 11.8. The number of rotatable bonds is 3. The highest BCUT2D eigenvalue weighted by atomic mass is 16.5. The van der Waals surface area contributed by atoms with Gasteiger partial charge in [0.2, 0.25) is 0 Å². The number of phenols is 8. The van der Waals surface area contributed by atoms with Gasteiger partial charge >= 0.3 is 0 Å². The summed E-state index contributed by atoms with van der Waals surface area (Å²) in [5, 5.41) is 93.8. The quantitative estimate of drug-likeness (QED) is 0.163. The van der Waals surface area contributed by atoms with E-state index in [-0.39, 0.29) is 81.3 Å². The van der Waals surface area contributed by atoms with Crippen LogP contribution < -0.4 is 9.47 Å². The highest BCUT2D eigenvalue weighted by Gasteiger charge is 2.40. The lowest BCUT2D eigenvalue weighted by molar-refractivity contribution is 0.0195. The molecule has 9 N–H and O–H groups in total. The number of phenolic OH excluding ortho intramolecular Hbond substituents is 8. The van der Waals surface area contributed by atoms with Crippen molar-refractivity contribution in [3.8, 4) is 57.5 Å². The Morgan fingerprint density at radius 3 is 1.90 bits per heavy atom. The fourth-order valence-corrected chi connectivity index (χ4v) is 5.66. The lowest BCUT2D eigenvalue weighted by Crippen LogP contribution is -2.30. The lowest BCUT2D eigenvalue weighted by Gasteiger charge is -2.36. The molecular weight excluding hydrogens is 536 g/mol. The maximum atomic E-state index is 11.5. The van der Waals surface area contributed by atoms with Crippen LogP contribution in [0, 0.1) is 0 Å². The summed E-state index contributed by atoms with van der Waals surface area (Å²) in [6.45, 7) is 0. The summed E-state index contributed by atoms with van der Waals surface area (Å²) in [6.07, 6.45) is -2.96. The molecule has 0 fully saturated rings. The van der Waals surface area contributed by atoms with Gasteiger partial charge in [-0.25, -0.2) is 0 Å². The van der Waals surface area contributed by atoms with Crippen molar-refractivity contribution in [1.29, 1.82) is 0 Å². The second-order valence-electron chi connectivity index (χ2n) is 10.2. The molecule has 41 heavy (non-hydrogen) atoms. The number of aliphatic hydroxyl groups is 1. The zero-order valence-electron chi connectivity index (χ0n) is 21.3. The molecule has 2 heterocycles. The van der Waals surface area contributed by atoms with E-state index in [9.17, 15) is 46.0 Å². The molecule has 11 heteroatoms. The van der Waals surface area contributed by atoms with E-state index in [2.05, 4.69) is 0 Å². The van der Waals surface area contributed by atoms with Gasteiger partial charge in [0.05, 0.1) is 6.10 Å². The SMILES string of the molecule is Oc1cc(O)c2c(c1)O[C@H](c1ccc(O)c(O)c1)C[C@H]2c1c(O)cc2c(c1O)C[C@H](O)[C@@H](c1ccc(O)c(O)c1)O2. The van der Waals surface area contributed by atoms with Gasteiger partial charge in [-0.05, 0) is 35.4 Å². The van der Waals surface area contributed by atoms with Crippen molar-refractivity contribution in [3.05, 3.63) is 82.4 Å². The van der Waals surface area contributed by atoms with Crippen LogP contribution >= 0.6 is 0 Å². The van der Waals surface area contributed by atoms with E-state index in [1.165, 1.54) is 48.5 Å². The normalized spacial score (nSPS) is 21.3. The van der Waals surface area contributed by atoms with Crippen molar-refractivity contribution < 1.29 is 55.4 Å². The third kappa shape index (κ3) is 4.36. The van der Waals surface area contributed by atoms with E-state index in [0.717, 1.165) is 6.07 Å². The molecule has 4 atom stereocenters. The zero-order valence-corrected chi connectivity index (χ0v) is 21.3. The summed E-state index contributed by atoms with van der Waals surface area (Å²) >= 11 is 0. The Morgan fingerprint density at radius 1 is 0.585 bits per heavy atom. The number of benzene rings is 4. The second-order valence-corrected chi connectivity index (χ2v) is 10.2. The first-order valence-corrected chi connectivity index (χ1v) is 12.7. The molecule has 0 saturated heterocycles. The molecule has 0 amide bonds. The van der Waals surface area contributed by atoms with Gasteiger partial charge in [-0.3, -0.25) is 0 Å². The van der Waals surface area contributed by atoms with Gasteiger partial charge in [0, 0.05) is 53.6 Å². The molecule has 0 radical (unpaired) electrons. The van der Waals surface area contributed by atoms with E-state index in [1.807, 2.05) is 0 Å². The van der Waals surface area contributed by atoms with Gasteiger partial charge in [0.15, 0.2) is 23.0 Å². The van der Waals surface area contributed by atoms with Crippen LogP contribution in [-0.4, -0.2) is 52.1 Å². The van der Waals surface area contributed by atoms with Crippen LogP contribution in [0.1, 0.15) is 52.4 Å². The Morgan fingerprint density at radius 2 is 1.22 bits per heavy atom. The number of fused-ring (bicyclic) bond motifs is 2. The molecular formula is C30H26O11. The Balaban J connectivity index is 1.44. The number of aromatic hydroxyl groups is 8. The van der Waals surface area contributed by atoms with E-state index in [1.54, 1.807) is 0 Å². The highest BCUT2D eigenvalue weighted by molar-refractivity contribution is 5.64. The van der Waals surface area contributed by atoms with Crippen molar-refractivity contribution in [2.75, 3.05) is 0 Å². The standard InChI is InChI=1S/C30H26O11/c31-14-7-21(36)27-16(10-24(40-26(27)8-14)12-1-3-17(32)19(34)5-12)28-22(37)11-25-15(29(28)39)9-23(38)30(41-25)13-2-4-18(33)20(35)6-13/h1-8,11,16,23-24,30-39H,9-10H2/t16-,23+,24+,30-/m1/s1. The minimum atomic E-state index is -1.17. The molecule has 2 aliphatic rings. The van der Waals surface area contributed by atoms with Gasteiger partial charge in [0.1, 0.15) is 46.7 Å². The largest absolute Gasteiger partial charge is 0.508 e. The Hall–Kier alpha value is -5.16. The van der Waals surface area contributed by atoms with Gasteiger partial charge in [-0.2, -0.15) is 0 Å². The van der Waals surface area contributed by atoms with E-state index in [4.69, 9.17) is 9.47 Å². The summed E-state index contributed by atoms with van der Waals surface area (Å²) in [5.74, 6) is -3.52. The lowest BCUT2D eigenvalue weighted by atomic mass is 9.79. The van der Waals surface area contributed by atoms with E-state index >= 15 is 0 Å². The van der Waals surface area contributed by atoms with Crippen LogP contribution in [0.4, 0.5) is 0 Å². The third-order valence-electron chi connectivity index (χ3n) is 7.62. The summed E-state index contributed by atoms with van der Waals surface area (Å²) in [4.78, 5) is 0. The molecule has 0 unspecified atom stereocenters. The number of hydrogen-bond acceptors (Lipinski definition) is 11. The van der Waals surface area contributed by atoms with E-state index in [0.29, 0.717) is 11.1 Å². The number of hydrogen-bond donors (Lipinski definition) is 9. The molecule has 0 bridgehead atoms. The summed E-state index contributed by atoms with van der Waals surface area (Å²) < 4.78 is 12.0. The van der Waals surface area contributed by atoms with Gasteiger partial charge in [-0.1, -0.05) is 12.1 Å². The molecule has 2 aliphatic heterocycles. The van der Waals surface area contributed by atoms with Crippen LogP contribution in [0.15, 0.2) is 54.6 Å². The molecule has 4 aromatic carbocycles. The topological polar surface area (TPSA) is 201 Å². The minimum Gasteiger partial charge on any atom is -0.508 e. The second kappa shape index (κ2) is 9.49. The van der Waals surface area contributed by atoms with Crippen molar-refractivity contribution in [2.45, 2.75) is 37.1 Å². The highest BCUT2D eigenvalue weighted by Crippen LogP contribution is 2.56. The first-order chi connectivity index (χ1) is 19.5. The molecule has 4 aromatic rings. The Bertz CT molecular complexity index is 1680. The van der Waals surface area contributed by atoms with Crippen molar-refractivity contribution in [2.24, 2.45) is 0 Å². The van der Waals surface area contributed by atoms with Crippen LogP contribution in [-0.2, 0) is 6.42 Å². The van der Waals surface area contributed by atoms with Crippen molar-refractivity contribution in [1.82, 2.24) is 0 Å². The van der Waals surface area contributed by atoms with Gasteiger partial charge in [0.25, 0.3) is 0 Å². The smallest absolute Gasteiger partial charge is 0.157 e. The number of aliphatic hydroxyl groups excluding tert-OH is 1. The molecule has 0 aliphatic carbocycles.